The Morgan fingerprint density at radius 2 is 1.59 bits per heavy atom. The third-order valence-corrected chi connectivity index (χ3v) is 6.75. The molecule has 1 aliphatic heterocycles. The van der Waals surface area contributed by atoms with Gasteiger partial charge in [-0.1, -0.05) is 24.3 Å². The predicted octanol–water partition coefficient (Wildman–Crippen LogP) is 6.77. The fraction of sp³-hybridized carbons (Fsp3) is 0.281. The highest BCUT2D eigenvalue weighted by Crippen LogP contribution is 2.25. The van der Waals surface area contributed by atoms with E-state index in [1.54, 1.807) is 11.1 Å². The fourth-order valence-corrected chi connectivity index (χ4v) is 4.48. The van der Waals surface area contributed by atoms with Crippen LogP contribution in [0.3, 0.4) is 0 Å². The molecule has 1 amide bonds. The van der Waals surface area contributed by atoms with Crippen LogP contribution in [0.15, 0.2) is 85.1 Å². The smallest absolute Gasteiger partial charge is 0.415 e. The van der Waals surface area contributed by atoms with Crippen molar-refractivity contribution in [2.24, 2.45) is 5.92 Å². The second-order valence-corrected chi connectivity index (χ2v) is 9.95. The number of aromatic nitrogens is 2. The van der Waals surface area contributed by atoms with E-state index in [-0.39, 0.29) is 6.09 Å². The number of ether oxygens (including phenoxy) is 3. The van der Waals surface area contributed by atoms with E-state index in [0.717, 1.165) is 47.5 Å². The van der Waals surface area contributed by atoms with Crippen molar-refractivity contribution in [3.8, 4) is 23.1 Å². The summed E-state index contributed by atoms with van der Waals surface area (Å²) in [5.41, 5.74) is 4.24. The summed E-state index contributed by atoms with van der Waals surface area (Å²) in [4.78, 5) is 23.3. The molecule has 0 aliphatic carbocycles. The van der Waals surface area contributed by atoms with Gasteiger partial charge in [-0.15, -0.1) is 0 Å². The highest BCUT2D eigenvalue weighted by atomic mass is 16.6. The molecule has 1 fully saturated rings. The molecule has 7 nitrogen and oxygen atoms in total. The molecule has 0 saturated carbocycles. The summed E-state index contributed by atoms with van der Waals surface area (Å²) in [5, 5.41) is 0. The number of benzene rings is 2. The topological polar surface area (TPSA) is 73.8 Å². The molecule has 3 heterocycles. The number of likely N-dealkylation sites (tertiary alicyclic amines) is 1. The first-order chi connectivity index (χ1) is 19.0. The lowest BCUT2D eigenvalue weighted by atomic mass is 9.98. The van der Waals surface area contributed by atoms with Crippen LogP contribution in [0.25, 0.3) is 0 Å². The summed E-state index contributed by atoms with van der Waals surface area (Å²) in [6, 6.07) is 25.0. The van der Waals surface area contributed by atoms with Gasteiger partial charge < -0.3 is 19.1 Å². The minimum atomic E-state index is -0.305. The molecular formula is C32H33N3O4. The third-order valence-electron chi connectivity index (χ3n) is 6.75. The molecule has 0 radical (unpaired) electrons. The second-order valence-electron chi connectivity index (χ2n) is 9.95. The van der Waals surface area contributed by atoms with Gasteiger partial charge in [0, 0.05) is 43.2 Å². The van der Waals surface area contributed by atoms with Crippen molar-refractivity contribution in [3.63, 3.8) is 0 Å². The maximum atomic E-state index is 12.7. The molecule has 0 atom stereocenters. The lowest BCUT2D eigenvalue weighted by Gasteiger charge is -2.31. The monoisotopic (exact) mass is 523 g/mol. The Balaban J connectivity index is 1.03. The van der Waals surface area contributed by atoms with E-state index in [1.807, 2.05) is 92.7 Å². The fourth-order valence-electron chi connectivity index (χ4n) is 4.48. The Labute approximate surface area is 229 Å². The normalized spacial score (nSPS) is 13.6. The number of pyridine rings is 2. The van der Waals surface area contributed by atoms with E-state index in [0.29, 0.717) is 43.0 Å². The molecule has 1 saturated heterocycles. The van der Waals surface area contributed by atoms with E-state index < -0.39 is 0 Å². The Hall–Kier alpha value is -4.39. The molecular weight excluding hydrogens is 490 g/mol. The Kier molecular flexibility index (Phi) is 8.36. The number of rotatable bonds is 8. The van der Waals surface area contributed by atoms with Crippen LogP contribution in [0.2, 0.25) is 0 Å². The van der Waals surface area contributed by atoms with Gasteiger partial charge in [0.15, 0.2) is 0 Å². The quantitative estimate of drug-likeness (QED) is 0.254. The largest absolute Gasteiger partial charge is 0.493 e. The van der Waals surface area contributed by atoms with Crippen molar-refractivity contribution < 1.29 is 19.0 Å². The van der Waals surface area contributed by atoms with Crippen LogP contribution in [0.1, 0.15) is 35.4 Å². The molecule has 7 heteroatoms. The number of carbonyl (C=O) groups excluding carboxylic acids is 1. The molecule has 0 spiro atoms. The Morgan fingerprint density at radius 3 is 2.28 bits per heavy atom. The van der Waals surface area contributed by atoms with Gasteiger partial charge in [0.2, 0.25) is 5.88 Å². The zero-order chi connectivity index (χ0) is 27.0. The van der Waals surface area contributed by atoms with Gasteiger partial charge in [0.25, 0.3) is 0 Å². The summed E-state index contributed by atoms with van der Waals surface area (Å²) < 4.78 is 17.4. The molecule has 1 aliphatic rings. The molecule has 39 heavy (non-hydrogen) atoms. The van der Waals surface area contributed by atoms with E-state index in [1.165, 1.54) is 0 Å². The number of hydrogen-bond acceptors (Lipinski definition) is 6. The van der Waals surface area contributed by atoms with Gasteiger partial charge in [-0.25, -0.2) is 9.78 Å². The van der Waals surface area contributed by atoms with Crippen molar-refractivity contribution in [2.45, 2.75) is 33.1 Å². The summed E-state index contributed by atoms with van der Waals surface area (Å²) >= 11 is 0. The predicted molar refractivity (Wildman–Crippen MR) is 150 cm³/mol. The first-order valence-corrected chi connectivity index (χ1v) is 13.3. The van der Waals surface area contributed by atoms with Crippen LogP contribution in [0.4, 0.5) is 4.79 Å². The van der Waals surface area contributed by atoms with Crippen LogP contribution < -0.4 is 14.2 Å². The number of aryl methyl sites for hydroxylation is 2. The number of carbonyl (C=O) groups is 1. The van der Waals surface area contributed by atoms with E-state index in [9.17, 15) is 4.79 Å². The minimum Gasteiger partial charge on any atom is -0.493 e. The summed E-state index contributed by atoms with van der Waals surface area (Å²) in [6.07, 6.45) is 3.96. The number of piperidine rings is 1. The van der Waals surface area contributed by atoms with Crippen molar-refractivity contribution in [1.82, 2.24) is 14.9 Å². The lowest BCUT2D eigenvalue weighted by Crippen LogP contribution is -2.41. The van der Waals surface area contributed by atoms with Crippen LogP contribution >= 0.6 is 0 Å². The first kappa shape index (κ1) is 26.2. The van der Waals surface area contributed by atoms with Crippen molar-refractivity contribution in [2.75, 3.05) is 19.7 Å². The van der Waals surface area contributed by atoms with Gasteiger partial charge in [-0.05, 0) is 92.3 Å². The van der Waals surface area contributed by atoms with Crippen LogP contribution in [0.5, 0.6) is 23.1 Å². The number of nitrogens with zero attached hydrogens (tertiary/aromatic N) is 3. The van der Waals surface area contributed by atoms with Crippen LogP contribution in [0, 0.1) is 19.8 Å². The molecule has 0 N–H and O–H groups in total. The Bertz CT molecular complexity index is 1360. The number of hydrogen-bond donors (Lipinski definition) is 0. The van der Waals surface area contributed by atoms with Crippen molar-refractivity contribution in [1.29, 1.82) is 0 Å². The average molecular weight is 524 g/mol. The molecule has 200 valence electrons. The molecule has 0 bridgehead atoms. The molecule has 0 unspecified atom stereocenters. The SMILES string of the molecule is Cc1ccc(Oc2ccc(OCC3CCN(C(=O)Oc4ccc(Cc5cccc(C)n5)cc4)CC3)cc2)nc1. The zero-order valence-corrected chi connectivity index (χ0v) is 22.4. The summed E-state index contributed by atoms with van der Waals surface area (Å²) in [5.74, 6) is 3.01. The van der Waals surface area contributed by atoms with Crippen LogP contribution in [-0.4, -0.2) is 40.7 Å². The molecule has 4 aromatic rings. The summed E-state index contributed by atoms with van der Waals surface area (Å²) in [6.45, 7) is 5.90. The van der Waals surface area contributed by atoms with Gasteiger partial charge in [0.1, 0.15) is 17.2 Å². The average Bonchev–Trinajstić information content (AvgIpc) is 2.95. The zero-order valence-electron chi connectivity index (χ0n) is 22.4. The summed E-state index contributed by atoms with van der Waals surface area (Å²) in [7, 11) is 0. The highest BCUT2D eigenvalue weighted by Gasteiger charge is 2.24. The standard InChI is InChI=1S/C32H33N3O4/c1-23-6-15-31(33-21-23)38-29-13-11-28(12-14-29)37-22-26-16-18-35(19-17-26)32(36)39-30-9-7-25(8-10-30)20-27-5-3-4-24(2)34-27/h3-15,21,26H,16-20,22H2,1-2H3. The maximum Gasteiger partial charge on any atom is 0.415 e. The van der Waals surface area contributed by atoms with Crippen molar-refractivity contribution >= 4 is 6.09 Å². The van der Waals surface area contributed by atoms with Gasteiger partial charge in [-0.3, -0.25) is 4.98 Å². The third kappa shape index (κ3) is 7.57. The highest BCUT2D eigenvalue weighted by molar-refractivity contribution is 5.70. The van der Waals surface area contributed by atoms with Crippen LogP contribution in [-0.2, 0) is 6.42 Å². The number of amides is 1. The van der Waals surface area contributed by atoms with E-state index in [2.05, 4.69) is 9.97 Å². The van der Waals surface area contributed by atoms with E-state index >= 15 is 0 Å². The maximum absolute atomic E-state index is 12.7. The van der Waals surface area contributed by atoms with Gasteiger partial charge >= 0.3 is 6.09 Å². The molecule has 5 rings (SSSR count). The molecule has 2 aromatic heterocycles. The first-order valence-electron chi connectivity index (χ1n) is 13.3. The van der Waals surface area contributed by atoms with E-state index in [4.69, 9.17) is 14.2 Å². The van der Waals surface area contributed by atoms with Crippen molar-refractivity contribution in [3.05, 3.63) is 108 Å². The second kappa shape index (κ2) is 12.4. The lowest BCUT2D eigenvalue weighted by molar-refractivity contribution is 0.117. The van der Waals surface area contributed by atoms with Gasteiger partial charge in [0.05, 0.1) is 6.61 Å². The minimum absolute atomic E-state index is 0.305. The van der Waals surface area contributed by atoms with Gasteiger partial charge in [-0.2, -0.15) is 0 Å². The molecule has 2 aromatic carbocycles. The Morgan fingerprint density at radius 1 is 0.872 bits per heavy atom.